The second kappa shape index (κ2) is 3.96. The van der Waals surface area contributed by atoms with Gasteiger partial charge in [0, 0.05) is 31.1 Å². The highest BCUT2D eigenvalue weighted by molar-refractivity contribution is 5.31. The van der Waals surface area contributed by atoms with Crippen molar-refractivity contribution < 1.29 is 0 Å². The zero-order valence-corrected chi connectivity index (χ0v) is 9.87. The van der Waals surface area contributed by atoms with Crippen molar-refractivity contribution in [3.63, 3.8) is 0 Å². The van der Waals surface area contributed by atoms with Gasteiger partial charge in [-0.3, -0.25) is 9.67 Å². The topological polar surface area (TPSA) is 56.7 Å². The number of nitrogens with zero attached hydrogens (tertiary/aromatic N) is 3. The fourth-order valence-electron chi connectivity index (χ4n) is 2.71. The van der Waals surface area contributed by atoms with Crippen molar-refractivity contribution in [1.82, 2.24) is 14.8 Å². The molecule has 0 spiro atoms. The van der Waals surface area contributed by atoms with Crippen LogP contribution in [-0.4, -0.2) is 14.8 Å². The molecule has 0 aliphatic heterocycles. The van der Waals surface area contributed by atoms with Crippen LogP contribution < -0.4 is 5.73 Å². The van der Waals surface area contributed by atoms with Gasteiger partial charge < -0.3 is 5.73 Å². The van der Waals surface area contributed by atoms with Crippen LogP contribution in [0, 0.1) is 0 Å². The Hall–Kier alpha value is -1.68. The van der Waals surface area contributed by atoms with Crippen LogP contribution in [0.2, 0.25) is 0 Å². The van der Waals surface area contributed by atoms with E-state index < -0.39 is 0 Å². The number of fused-ring (bicyclic) bond motifs is 1. The smallest absolute Gasteiger partial charge is 0.0554 e. The summed E-state index contributed by atoms with van der Waals surface area (Å²) in [4.78, 5) is 4.49. The van der Waals surface area contributed by atoms with Crippen LogP contribution >= 0.6 is 0 Å². The first-order valence-corrected chi connectivity index (χ1v) is 5.94. The minimum Gasteiger partial charge on any atom is -0.322 e. The van der Waals surface area contributed by atoms with Gasteiger partial charge in [0.25, 0.3) is 0 Å². The van der Waals surface area contributed by atoms with Crippen LogP contribution in [-0.2, 0) is 13.5 Å². The van der Waals surface area contributed by atoms with Gasteiger partial charge in [-0.05, 0) is 30.5 Å². The highest BCUT2D eigenvalue weighted by atomic mass is 15.3. The van der Waals surface area contributed by atoms with Gasteiger partial charge in [-0.15, -0.1) is 0 Å². The molecule has 2 aromatic rings. The van der Waals surface area contributed by atoms with E-state index in [1.165, 1.54) is 11.3 Å². The predicted octanol–water partition coefficient (Wildman–Crippen LogP) is 1.54. The summed E-state index contributed by atoms with van der Waals surface area (Å²) in [7, 11) is 1.93. The highest BCUT2D eigenvalue weighted by Crippen LogP contribution is 2.38. The van der Waals surface area contributed by atoms with E-state index in [-0.39, 0.29) is 6.04 Å². The third-order valence-electron chi connectivity index (χ3n) is 3.64. The molecule has 2 atom stereocenters. The predicted molar refractivity (Wildman–Crippen MR) is 65.4 cm³/mol. The molecule has 88 valence electrons. The first kappa shape index (κ1) is 10.5. The molecule has 0 aromatic carbocycles. The number of nitrogens with two attached hydrogens (primary N) is 1. The molecule has 0 amide bonds. The van der Waals surface area contributed by atoms with Gasteiger partial charge in [-0.2, -0.15) is 5.10 Å². The van der Waals surface area contributed by atoms with Gasteiger partial charge in [0.1, 0.15) is 0 Å². The van der Waals surface area contributed by atoms with E-state index in [0.29, 0.717) is 5.92 Å². The first-order chi connectivity index (χ1) is 8.27. The molecule has 4 nitrogen and oxygen atoms in total. The molecular formula is C13H16N4. The third kappa shape index (κ3) is 1.65. The zero-order valence-electron chi connectivity index (χ0n) is 9.87. The van der Waals surface area contributed by atoms with Gasteiger partial charge in [-0.1, -0.05) is 6.07 Å². The molecule has 4 heteroatoms. The normalized spacial score (nSPS) is 20.2. The second-order valence-electron chi connectivity index (χ2n) is 4.60. The Labute approximate surface area is 100 Å². The Bertz CT molecular complexity index is 532. The molecule has 2 heterocycles. The van der Waals surface area contributed by atoms with Crippen LogP contribution in [0.4, 0.5) is 0 Å². The van der Waals surface area contributed by atoms with Crippen molar-refractivity contribution >= 4 is 0 Å². The van der Waals surface area contributed by atoms with Crippen molar-refractivity contribution in [2.75, 3.05) is 0 Å². The maximum Gasteiger partial charge on any atom is 0.0554 e. The lowest BCUT2D eigenvalue weighted by Crippen LogP contribution is -2.21. The largest absolute Gasteiger partial charge is 0.322 e. The molecule has 3 rings (SSSR count). The van der Waals surface area contributed by atoms with Gasteiger partial charge >= 0.3 is 0 Å². The summed E-state index contributed by atoms with van der Waals surface area (Å²) in [6.07, 6.45) is 5.81. The molecule has 0 bridgehead atoms. The van der Waals surface area contributed by atoms with Gasteiger partial charge in [-0.25, -0.2) is 0 Å². The summed E-state index contributed by atoms with van der Waals surface area (Å²) in [6.45, 7) is 0. The van der Waals surface area contributed by atoms with E-state index in [1.54, 1.807) is 6.20 Å². The number of rotatable bonds is 2. The quantitative estimate of drug-likeness (QED) is 0.848. The Balaban J connectivity index is 1.95. The minimum absolute atomic E-state index is 0.0151. The summed E-state index contributed by atoms with van der Waals surface area (Å²) in [6, 6.07) is 6.12. The van der Waals surface area contributed by atoms with E-state index in [2.05, 4.69) is 16.1 Å². The van der Waals surface area contributed by atoms with Crippen molar-refractivity contribution in [3.05, 3.63) is 47.5 Å². The molecule has 0 radical (unpaired) electrons. The second-order valence-corrected chi connectivity index (χ2v) is 4.60. The molecular weight excluding hydrogens is 212 g/mol. The molecule has 0 fully saturated rings. The first-order valence-electron chi connectivity index (χ1n) is 5.94. The molecule has 1 aliphatic carbocycles. The minimum atomic E-state index is -0.0151. The summed E-state index contributed by atoms with van der Waals surface area (Å²) in [5.74, 6) is 0.321. The van der Waals surface area contributed by atoms with E-state index in [9.17, 15) is 0 Å². The number of hydrogen-bond acceptors (Lipinski definition) is 3. The summed E-state index contributed by atoms with van der Waals surface area (Å²) in [5.41, 5.74) is 9.95. The monoisotopic (exact) mass is 228 g/mol. The molecule has 2 N–H and O–H groups in total. The van der Waals surface area contributed by atoms with Crippen molar-refractivity contribution in [3.8, 4) is 0 Å². The van der Waals surface area contributed by atoms with Crippen LogP contribution in [0.5, 0.6) is 0 Å². The highest BCUT2D eigenvalue weighted by Gasteiger charge is 2.30. The molecule has 17 heavy (non-hydrogen) atoms. The van der Waals surface area contributed by atoms with Crippen LogP contribution in [0.3, 0.4) is 0 Å². The van der Waals surface area contributed by atoms with Crippen LogP contribution in [0.15, 0.2) is 30.6 Å². The molecule has 0 saturated carbocycles. The Morgan fingerprint density at radius 1 is 1.41 bits per heavy atom. The van der Waals surface area contributed by atoms with E-state index >= 15 is 0 Å². The number of aromatic nitrogens is 3. The molecule has 2 unspecified atom stereocenters. The fraction of sp³-hybridized carbons (Fsp3) is 0.385. The average Bonchev–Trinajstić information content (AvgIpc) is 2.94. The van der Waals surface area contributed by atoms with Crippen LogP contribution in [0.1, 0.15) is 35.3 Å². The Kier molecular flexibility index (Phi) is 2.44. The molecule has 1 aliphatic rings. The zero-order chi connectivity index (χ0) is 11.8. The van der Waals surface area contributed by atoms with Gasteiger partial charge in [0.05, 0.1) is 11.7 Å². The van der Waals surface area contributed by atoms with Crippen LogP contribution in [0.25, 0.3) is 0 Å². The van der Waals surface area contributed by atoms with Crippen molar-refractivity contribution in [2.45, 2.75) is 24.8 Å². The summed E-state index contributed by atoms with van der Waals surface area (Å²) in [5, 5.41) is 4.18. The average molecular weight is 228 g/mol. The lowest BCUT2D eigenvalue weighted by atomic mass is 9.95. The Morgan fingerprint density at radius 2 is 2.29 bits per heavy atom. The fourth-order valence-corrected chi connectivity index (χ4v) is 2.71. The SMILES string of the molecule is Cn1nccc1C(N)C1CCc2cccnc21. The van der Waals surface area contributed by atoms with E-state index in [1.807, 2.05) is 30.1 Å². The lowest BCUT2D eigenvalue weighted by molar-refractivity contribution is 0.505. The number of pyridine rings is 1. The Morgan fingerprint density at radius 3 is 3.06 bits per heavy atom. The van der Waals surface area contributed by atoms with Gasteiger partial charge in [0.15, 0.2) is 0 Å². The van der Waals surface area contributed by atoms with E-state index in [0.717, 1.165) is 18.5 Å². The molecule has 0 saturated heterocycles. The lowest BCUT2D eigenvalue weighted by Gasteiger charge is -2.19. The number of aryl methyl sites for hydroxylation is 2. The van der Waals surface area contributed by atoms with Crippen molar-refractivity contribution in [2.24, 2.45) is 12.8 Å². The van der Waals surface area contributed by atoms with E-state index in [4.69, 9.17) is 5.73 Å². The maximum atomic E-state index is 6.36. The summed E-state index contributed by atoms with van der Waals surface area (Å²) >= 11 is 0. The molecule has 2 aromatic heterocycles. The number of hydrogen-bond donors (Lipinski definition) is 1. The third-order valence-corrected chi connectivity index (χ3v) is 3.64. The van der Waals surface area contributed by atoms with Gasteiger partial charge in [0.2, 0.25) is 0 Å². The summed E-state index contributed by atoms with van der Waals surface area (Å²) < 4.78 is 1.85. The maximum absolute atomic E-state index is 6.36. The van der Waals surface area contributed by atoms with Crippen molar-refractivity contribution in [1.29, 1.82) is 0 Å². The standard InChI is InChI=1S/C13H16N4/c1-17-11(6-8-16-17)12(14)10-5-4-9-3-2-7-15-13(9)10/h2-3,6-8,10,12H,4-5,14H2,1H3.